The topological polar surface area (TPSA) is 79.0 Å². The first kappa shape index (κ1) is 15.8. The molecule has 1 fully saturated rings. The SMILES string of the molecule is COC(=O)N1CCN(C(=O)c2cccc(NC(C)=O)c2)CC1. The number of nitrogens with zero attached hydrogens (tertiary/aromatic N) is 2. The summed E-state index contributed by atoms with van der Waals surface area (Å²) in [6, 6.07) is 6.81. The lowest BCUT2D eigenvalue weighted by Crippen LogP contribution is -2.50. The van der Waals surface area contributed by atoms with Crippen molar-refractivity contribution in [3.05, 3.63) is 29.8 Å². The van der Waals surface area contributed by atoms with Crippen molar-refractivity contribution >= 4 is 23.6 Å². The lowest BCUT2D eigenvalue weighted by Gasteiger charge is -2.33. The Labute approximate surface area is 128 Å². The van der Waals surface area contributed by atoms with E-state index in [1.54, 1.807) is 34.1 Å². The van der Waals surface area contributed by atoms with Gasteiger partial charge in [0.1, 0.15) is 0 Å². The molecule has 1 aromatic carbocycles. The fourth-order valence-corrected chi connectivity index (χ4v) is 2.34. The van der Waals surface area contributed by atoms with Crippen LogP contribution in [-0.2, 0) is 9.53 Å². The molecule has 7 nitrogen and oxygen atoms in total. The summed E-state index contributed by atoms with van der Waals surface area (Å²) in [7, 11) is 1.34. The van der Waals surface area contributed by atoms with Crippen LogP contribution < -0.4 is 5.32 Å². The molecule has 0 saturated carbocycles. The van der Waals surface area contributed by atoms with Gasteiger partial charge in [-0.2, -0.15) is 0 Å². The maximum Gasteiger partial charge on any atom is 0.409 e. The summed E-state index contributed by atoms with van der Waals surface area (Å²) in [5, 5.41) is 2.65. The number of amides is 3. The Morgan fingerprint density at radius 1 is 1.09 bits per heavy atom. The van der Waals surface area contributed by atoms with Crippen molar-refractivity contribution in [3.63, 3.8) is 0 Å². The van der Waals surface area contributed by atoms with Gasteiger partial charge in [-0.25, -0.2) is 4.79 Å². The molecule has 0 bridgehead atoms. The molecular formula is C15H19N3O4. The third-order valence-electron chi connectivity index (χ3n) is 3.43. The van der Waals surface area contributed by atoms with Crippen LogP contribution in [0.5, 0.6) is 0 Å². The third-order valence-corrected chi connectivity index (χ3v) is 3.43. The molecule has 3 amide bonds. The monoisotopic (exact) mass is 305 g/mol. The largest absolute Gasteiger partial charge is 0.453 e. The van der Waals surface area contributed by atoms with Gasteiger partial charge in [0.15, 0.2) is 0 Å². The van der Waals surface area contributed by atoms with Gasteiger partial charge in [0.05, 0.1) is 7.11 Å². The van der Waals surface area contributed by atoms with Gasteiger partial charge < -0.3 is 19.9 Å². The van der Waals surface area contributed by atoms with Crippen molar-refractivity contribution in [1.29, 1.82) is 0 Å². The highest BCUT2D eigenvalue weighted by molar-refractivity contribution is 5.97. The average molecular weight is 305 g/mol. The van der Waals surface area contributed by atoms with E-state index in [0.29, 0.717) is 37.4 Å². The number of carbonyl (C=O) groups is 3. The van der Waals surface area contributed by atoms with Crippen LogP contribution in [0.25, 0.3) is 0 Å². The number of nitrogens with one attached hydrogen (secondary N) is 1. The van der Waals surface area contributed by atoms with Crippen molar-refractivity contribution in [2.75, 3.05) is 38.6 Å². The van der Waals surface area contributed by atoms with E-state index in [9.17, 15) is 14.4 Å². The summed E-state index contributed by atoms with van der Waals surface area (Å²) in [5.41, 5.74) is 1.10. The van der Waals surface area contributed by atoms with E-state index >= 15 is 0 Å². The first-order chi connectivity index (χ1) is 10.5. The number of benzene rings is 1. The van der Waals surface area contributed by atoms with Crippen LogP contribution in [0.3, 0.4) is 0 Å². The molecule has 0 aromatic heterocycles. The molecular weight excluding hydrogens is 286 g/mol. The van der Waals surface area contributed by atoms with E-state index in [1.807, 2.05) is 0 Å². The molecule has 0 unspecified atom stereocenters. The van der Waals surface area contributed by atoms with Crippen molar-refractivity contribution in [3.8, 4) is 0 Å². The van der Waals surface area contributed by atoms with Gasteiger partial charge in [-0.15, -0.1) is 0 Å². The van der Waals surface area contributed by atoms with Crippen LogP contribution >= 0.6 is 0 Å². The second-order valence-electron chi connectivity index (χ2n) is 5.01. The van der Waals surface area contributed by atoms with Crippen LogP contribution in [0.15, 0.2) is 24.3 Å². The van der Waals surface area contributed by atoms with Crippen molar-refractivity contribution in [2.24, 2.45) is 0 Å². The number of piperazine rings is 1. The zero-order valence-corrected chi connectivity index (χ0v) is 12.7. The molecule has 1 aromatic rings. The predicted molar refractivity (Wildman–Crippen MR) is 80.6 cm³/mol. The maximum atomic E-state index is 12.5. The molecule has 1 aliphatic heterocycles. The highest BCUT2D eigenvalue weighted by Crippen LogP contribution is 2.14. The van der Waals surface area contributed by atoms with Gasteiger partial charge in [0.25, 0.3) is 5.91 Å². The maximum absolute atomic E-state index is 12.5. The van der Waals surface area contributed by atoms with Gasteiger partial charge in [-0.1, -0.05) is 6.07 Å². The standard InChI is InChI=1S/C15H19N3O4/c1-11(19)16-13-5-3-4-12(10-13)14(20)17-6-8-18(9-7-17)15(21)22-2/h3-5,10H,6-9H2,1-2H3,(H,16,19). The minimum atomic E-state index is -0.375. The summed E-state index contributed by atoms with van der Waals surface area (Å²) < 4.78 is 4.67. The number of rotatable bonds is 2. The second-order valence-corrected chi connectivity index (χ2v) is 5.01. The number of methoxy groups -OCH3 is 1. The van der Waals surface area contributed by atoms with Gasteiger partial charge in [0, 0.05) is 44.4 Å². The molecule has 22 heavy (non-hydrogen) atoms. The van der Waals surface area contributed by atoms with Crippen molar-refractivity contribution < 1.29 is 19.1 Å². The lowest BCUT2D eigenvalue weighted by molar-refractivity contribution is -0.114. The predicted octanol–water partition coefficient (Wildman–Crippen LogP) is 1.17. The smallest absolute Gasteiger partial charge is 0.409 e. The van der Waals surface area contributed by atoms with Crippen molar-refractivity contribution in [2.45, 2.75) is 6.92 Å². The van der Waals surface area contributed by atoms with E-state index in [-0.39, 0.29) is 17.9 Å². The van der Waals surface area contributed by atoms with Gasteiger partial charge >= 0.3 is 6.09 Å². The first-order valence-electron chi connectivity index (χ1n) is 7.01. The summed E-state index contributed by atoms with van der Waals surface area (Å²) in [6.45, 7) is 3.23. The highest BCUT2D eigenvalue weighted by atomic mass is 16.5. The normalized spacial score (nSPS) is 14.5. The van der Waals surface area contributed by atoms with Gasteiger partial charge in [-0.05, 0) is 18.2 Å². The number of hydrogen-bond acceptors (Lipinski definition) is 4. The van der Waals surface area contributed by atoms with E-state index in [2.05, 4.69) is 10.1 Å². The summed E-state index contributed by atoms with van der Waals surface area (Å²) in [5.74, 6) is -0.298. The minimum Gasteiger partial charge on any atom is -0.453 e. The van der Waals surface area contributed by atoms with Crippen LogP contribution in [0.2, 0.25) is 0 Å². The molecule has 1 heterocycles. The molecule has 1 saturated heterocycles. The van der Waals surface area contributed by atoms with Crippen LogP contribution in [-0.4, -0.2) is 61.0 Å². The number of carbonyl (C=O) groups excluding carboxylic acids is 3. The molecule has 1 N–H and O–H groups in total. The quantitative estimate of drug-likeness (QED) is 0.889. The summed E-state index contributed by atoms with van der Waals surface area (Å²) in [4.78, 5) is 38.2. The zero-order chi connectivity index (χ0) is 16.1. The number of anilines is 1. The first-order valence-corrected chi connectivity index (χ1v) is 7.01. The van der Waals surface area contributed by atoms with E-state index < -0.39 is 0 Å². The van der Waals surface area contributed by atoms with Crippen LogP contribution in [0.1, 0.15) is 17.3 Å². The molecule has 0 aliphatic carbocycles. The highest BCUT2D eigenvalue weighted by Gasteiger charge is 2.25. The Kier molecular flexibility index (Phi) is 4.98. The molecule has 0 spiro atoms. The Morgan fingerprint density at radius 3 is 2.32 bits per heavy atom. The van der Waals surface area contributed by atoms with E-state index in [4.69, 9.17) is 0 Å². The number of ether oxygens (including phenoxy) is 1. The molecule has 118 valence electrons. The lowest BCUT2D eigenvalue weighted by atomic mass is 10.1. The summed E-state index contributed by atoms with van der Waals surface area (Å²) >= 11 is 0. The molecule has 1 aliphatic rings. The van der Waals surface area contributed by atoms with Gasteiger partial charge in [0.2, 0.25) is 5.91 Å². The third kappa shape index (κ3) is 3.75. The second kappa shape index (κ2) is 6.93. The van der Waals surface area contributed by atoms with Crippen LogP contribution in [0.4, 0.5) is 10.5 Å². The fraction of sp³-hybridized carbons (Fsp3) is 0.400. The average Bonchev–Trinajstić information content (AvgIpc) is 2.53. The molecule has 2 rings (SSSR count). The Hall–Kier alpha value is -2.57. The molecule has 0 atom stereocenters. The number of hydrogen-bond donors (Lipinski definition) is 1. The van der Waals surface area contributed by atoms with E-state index in [1.165, 1.54) is 14.0 Å². The fourth-order valence-electron chi connectivity index (χ4n) is 2.34. The Bertz CT molecular complexity index is 580. The molecule has 7 heteroatoms. The summed E-state index contributed by atoms with van der Waals surface area (Å²) in [6.07, 6.45) is -0.375. The Balaban J connectivity index is 2.01. The zero-order valence-electron chi connectivity index (χ0n) is 12.7. The molecule has 0 radical (unpaired) electrons. The Morgan fingerprint density at radius 2 is 1.73 bits per heavy atom. The minimum absolute atomic E-state index is 0.114. The van der Waals surface area contributed by atoms with E-state index in [0.717, 1.165) is 0 Å². The van der Waals surface area contributed by atoms with Gasteiger partial charge in [-0.3, -0.25) is 9.59 Å². The van der Waals surface area contributed by atoms with Crippen molar-refractivity contribution in [1.82, 2.24) is 9.80 Å². The van der Waals surface area contributed by atoms with Crippen LogP contribution in [0, 0.1) is 0 Å².